The van der Waals surface area contributed by atoms with Crippen LogP contribution < -0.4 is 19.7 Å². The third kappa shape index (κ3) is 1.60. The quantitative estimate of drug-likeness (QED) is 0.798. The zero-order valence-electron chi connectivity index (χ0n) is 9.89. The fraction of sp³-hybridized carbons (Fsp3) is 0.250. The van der Waals surface area contributed by atoms with Gasteiger partial charge in [-0.2, -0.15) is 0 Å². The summed E-state index contributed by atoms with van der Waals surface area (Å²) in [4.78, 5) is 17.4. The number of hydrogen-bond donors (Lipinski definition) is 0. The van der Waals surface area contributed by atoms with Gasteiger partial charge in [0.05, 0.1) is 25.1 Å². The predicted molar refractivity (Wildman–Crippen MR) is 63.8 cm³/mol. The molecule has 1 heterocycles. The van der Waals surface area contributed by atoms with Crippen molar-refractivity contribution in [2.75, 3.05) is 21.3 Å². The Morgan fingerprint density at radius 3 is 2.35 bits per heavy atom. The number of methoxy groups -OCH3 is 2. The van der Waals surface area contributed by atoms with Gasteiger partial charge in [-0.15, -0.1) is 4.73 Å². The average molecular weight is 235 g/mol. The molecule has 0 atom stereocenters. The molecule has 1 aromatic carbocycles. The van der Waals surface area contributed by atoms with E-state index >= 15 is 0 Å². The molecule has 90 valence electrons. The molecule has 0 fully saturated rings. The third-order valence-corrected chi connectivity index (χ3v) is 2.53. The topological polar surface area (TPSA) is 49.7 Å². The largest absolute Gasteiger partial charge is 0.488 e. The summed E-state index contributed by atoms with van der Waals surface area (Å²) in [7, 11) is 4.38. The summed E-state index contributed by atoms with van der Waals surface area (Å²) in [5, 5.41) is 0.520. The molecule has 2 rings (SSSR count). The van der Waals surface area contributed by atoms with Crippen LogP contribution in [-0.4, -0.2) is 26.1 Å². The molecule has 5 nitrogen and oxygen atoms in total. The van der Waals surface area contributed by atoms with Crippen LogP contribution in [-0.2, 0) is 0 Å². The van der Waals surface area contributed by atoms with E-state index in [9.17, 15) is 4.79 Å². The predicted octanol–water partition coefficient (Wildman–Crippen LogP) is 1.08. The van der Waals surface area contributed by atoms with E-state index in [4.69, 9.17) is 14.3 Å². The maximum absolute atomic E-state index is 12.1. The van der Waals surface area contributed by atoms with E-state index in [1.807, 2.05) is 6.07 Å². The van der Waals surface area contributed by atoms with Crippen molar-refractivity contribution in [3.8, 4) is 11.6 Å². The monoisotopic (exact) mass is 235 g/mol. The lowest BCUT2D eigenvalue weighted by Gasteiger charge is -2.16. The molecule has 0 spiro atoms. The fourth-order valence-electron chi connectivity index (χ4n) is 1.80. The molecule has 0 aliphatic heterocycles. The van der Waals surface area contributed by atoms with E-state index in [0.29, 0.717) is 10.9 Å². The Hall–Kier alpha value is -2.17. The molecule has 0 radical (unpaired) electrons. The normalized spacial score (nSPS) is 10.3. The summed E-state index contributed by atoms with van der Waals surface area (Å²) in [5.74, 6) is 0.381. The lowest BCUT2D eigenvalue weighted by molar-refractivity contribution is 0.142. The third-order valence-electron chi connectivity index (χ3n) is 2.53. The Balaban J connectivity index is 2.99. The molecule has 5 heteroatoms. The zero-order chi connectivity index (χ0) is 12.4. The number of rotatable bonds is 3. The molecule has 17 heavy (non-hydrogen) atoms. The SMILES string of the molecule is COc1c(OC)n(OC)c2ccccc2c1=O. The maximum Gasteiger partial charge on any atom is 0.275 e. The molecule has 0 unspecified atom stereocenters. The van der Waals surface area contributed by atoms with E-state index in [-0.39, 0.29) is 17.1 Å². The van der Waals surface area contributed by atoms with Crippen molar-refractivity contribution >= 4 is 10.9 Å². The number of hydrogen-bond acceptors (Lipinski definition) is 4. The van der Waals surface area contributed by atoms with Gasteiger partial charge in [0.25, 0.3) is 5.88 Å². The Morgan fingerprint density at radius 1 is 1.06 bits per heavy atom. The summed E-state index contributed by atoms with van der Waals surface area (Å²) in [5.41, 5.74) is 0.422. The number of benzene rings is 1. The Labute approximate surface area is 98.1 Å². The number of aromatic nitrogens is 1. The molecule has 0 aliphatic rings. The summed E-state index contributed by atoms with van der Waals surface area (Å²) >= 11 is 0. The van der Waals surface area contributed by atoms with Crippen molar-refractivity contribution in [2.24, 2.45) is 0 Å². The van der Waals surface area contributed by atoms with Crippen molar-refractivity contribution < 1.29 is 14.3 Å². The van der Waals surface area contributed by atoms with Crippen LogP contribution in [0, 0.1) is 0 Å². The minimum absolute atomic E-state index is 0.132. The van der Waals surface area contributed by atoms with Gasteiger partial charge >= 0.3 is 0 Å². The lowest BCUT2D eigenvalue weighted by atomic mass is 10.2. The number of ether oxygens (including phenoxy) is 2. The van der Waals surface area contributed by atoms with Crippen molar-refractivity contribution in [1.29, 1.82) is 0 Å². The van der Waals surface area contributed by atoms with E-state index in [1.165, 1.54) is 26.1 Å². The van der Waals surface area contributed by atoms with Crippen molar-refractivity contribution in [2.45, 2.75) is 0 Å². The number of para-hydroxylation sites is 1. The Bertz CT molecular complexity index is 603. The summed E-state index contributed by atoms with van der Waals surface area (Å²) in [6, 6.07) is 7.11. The van der Waals surface area contributed by atoms with Gasteiger partial charge in [-0.25, -0.2) is 0 Å². The van der Waals surface area contributed by atoms with Gasteiger partial charge in [-0.1, -0.05) is 12.1 Å². The highest BCUT2D eigenvalue weighted by Gasteiger charge is 2.18. The second-order valence-electron chi connectivity index (χ2n) is 3.37. The Morgan fingerprint density at radius 2 is 1.76 bits per heavy atom. The standard InChI is InChI=1S/C12H13NO4/c1-15-11-10(14)8-6-4-5-7-9(8)13(17-3)12(11)16-2/h4-7H,1-3H3. The van der Waals surface area contributed by atoms with Crippen LogP contribution >= 0.6 is 0 Å². The number of nitrogens with zero attached hydrogens (tertiary/aromatic N) is 1. The minimum atomic E-state index is -0.215. The van der Waals surface area contributed by atoms with E-state index < -0.39 is 0 Å². The van der Waals surface area contributed by atoms with E-state index in [1.54, 1.807) is 18.2 Å². The first kappa shape index (κ1) is 11.3. The first-order valence-corrected chi connectivity index (χ1v) is 5.04. The molecule has 1 aromatic heterocycles. The summed E-state index contributed by atoms with van der Waals surface area (Å²) < 4.78 is 11.7. The van der Waals surface area contributed by atoms with Crippen LogP contribution in [0.25, 0.3) is 10.9 Å². The van der Waals surface area contributed by atoms with Crippen molar-refractivity contribution in [3.63, 3.8) is 0 Å². The summed E-state index contributed by atoms with van der Waals surface area (Å²) in [6.07, 6.45) is 0. The van der Waals surface area contributed by atoms with Crippen LogP contribution in [0.1, 0.15) is 0 Å². The van der Waals surface area contributed by atoms with Gasteiger partial charge in [-0.3, -0.25) is 4.79 Å². The molecular weight excluding hydrogens is 222 g/mol. The molecule has 2 aromatic rings. The Kier molecular flexibility index (Phi) is 2.91. The highest BCUT2D eigenvalue weighted by molar-refractivity contribution is 5.81. The first-order valence-electron chi connectivity index (χ1n) is 5.04. The van der Waals surface area contributed by atoms with E-state index in [2.05, 4.69) is 0 Å². The molecule has 0 saturated carbocycles. The van der Waals surface area contributed by atoms with Gasteiger partial charge < -0.3 is 14.3 Å². The average Bonchev–Trinajstić information content (AvgIpc) is 2.38. The van der Waals surface area contributed by atoms with Crippen molar-refractivity contribution in [1.82, 2.24) is 4.73 Å². The fourth-order valence-corrected chi connectivity index (χ4v) is 1.80. The molecule has 0 aliphatic carbocycles. The summed E-state index contributed by atoms with van der Waals surface area (Å²) in [6.45, 7) is 0. The first-order chi connectivity index (χ1) is 8.24. The minimum Gasteiger partial charge on any atom is -0.488 e. The van der Waals surface area contributed by atoms with Crippen LogP contribution in [0.2, 0.25) is 0 Å². The lowest BCUT2D eigenvalue weighted by Crippen LogP contribution is -2.18. The molecule has 0 N–H and O–H groups in total. The molecule has 0 saturated heterocycles. The van der Waals surface area contributed by atoms with Gasteiger partial charge in [0, 0.05) is 0 Å². The number of pyridine rings is 1. The highest BCUT2D eigenvalue weighted by Crippen LogP contribution is 2.26. The highest BCUT2D eigenvalue weighted by atomic mass is 16.7. The zero-order valence-corrected chi connectivity index (χ0v) is 9.89. The second kappa shape index (κ2) is 4.37. The smallest absolute Gasteiger partial charge is 0.275 e. The van der Waals surface area contributed by atoms with Gasteiger partial charge in [-0.05, 0) is 12.1 Å². The van der Waals surface area contributed by atoms with Crippen LogP contribution in [0.5, 0.6) is 11.6 Å². The van der Waals surface area contributed by atoms with Crippen LogP contribution in [0.15, 0.2) is 29.1 Å². The molecule has 0 amide bonds. The molecule has 0 bridgehead atoms. The van der Waals surface area contributed by atoms with Crippen LogP contribution in [0.4, 0.5) is 0 Å². The van der Waals surface area contributed by atoms with E-state index in [0.717, 1.165) is 0 Å². The molecular formula is C12H13NO4. The number of fused-ring (bicyclic) bond motifs is 1. The second-order valence-corrected chi connectivity index (χ2v) is 3.37. The van der Waals surface area contributed by atoms with Gasteiger partial charge in [0.15, 0.2) is 0 Å². The maximum atomic E-state index is 12.1. The van der Waals surface area contributed by atoms with Crippen LogP contribution in [0.3, 0.4) is 0 Å². The van der Waals surface area contributed by atoms with Gasteiger partial charge in [0.1, 0.15) is 7.11 Å². The van der Waals surface area contributed by atoms with Gasteiger partial charge in [0.2, 0.25) is 11.2 Å². The van der Waals surface area contributed by atoms with Crippen molar-refractivity contribution in [3.05, 3.63) is 34.5 Å².